The van der Waals surface area contributed by atoms with Crippen LogP contribution in [-0.4, -0.2) is 12.5 Å². The lowest BCUT2D eigenvalue weighted by Gasteiger charge is -2.58. The highest BCUT2D eigenvalue weighted by Crippen LogP contribution is 2.58. The van der Waals surface area contributed by atoms with Crippen LogP contribution < -0.4 is 5.32 Å². The van der Waals surface area contributed by atoms with Crippen LogP contribution in [0.2, 0.25) is 0 Å². The molecule has 1 amide bonds. The molecule has 0 spiro atoms. The first-order valence-electron chi connectivity index (χ1n) is 4.84. The molecule has 0 aromatic rings. The van der Waals surface area contributed by atoms with Gasteiger partial charge in [-0.25, -0.2) is 0 Å². The van der Waals surface area contributed by atoms with E-state index in [0.717, 1.165) is 18.2 Å². The Balaban J connectivity index is 1.96. The molecule has 2 bridgehead atoms. The van der Waals surface area contributed by atoms with Gasteiger partial charge in [0.25, 0.3) is 0 Å². The zero-order valence-electron chi connectivity index (χ0n) is 7.84. The number of amides is 1. The molecule has 68 valence electrons. The molecular formula is C10H17NO. The van der Waals surface area contributed by atoms with E-state index < -0.39 is 0 Å². The van der Waals surface area contributed by atoms with Crippen LogP contribution in [0.1, 0.15) is 33.1 Å². The topological polar surface area (TPSA) is 29.1 Å². The third-order valence-corrected chi connectivity index (χ3v) is 4.12. The summed E-state index contributed by atoms with van der Waals surface area (Å²) in [4.78, 5) is 10.2. The summed E-state index contributed by atoms with van der Waals surface area (Å²) in [7, 11) is 0. The summed E-state index contributed by atoms with van der Waals surface area (Å²) in [6.45, 7) is 4.73. The zero-order chi connectivity index (χ0) is 8.77. The molecule has 0 radical (unpaired) electrons. The molecule has 1 N–H and O–H groups in total. The molecular weight excluding hydrogens is 150 g/mol. The standard InChI is InChI=1S/C10H17NO/c1-10(2)7-3-8(10)5-9(4-7)11-6-12/h6-9H,3-5H2,1-2H3,(H,11,12)/t7-,8+,9?. The van der Waals surface area contributed by atoms with Gasteiger partial charge in [-0.1, -0.05) is 13.8 Å². The second kappa shape index (κ2) is 2.48. The van der Waals surface area contributed by atoms with E-state index in [0.29, 0.717) is 11.5 Å². The first-order chi connectivity index (χ1) is 5.64. The van der Waals surface area contributed by atoms with Gasteiger partial charge >= 0.3 is 0 Å². The maximum Gasteiger partial charge on any atom is 0.207 e. The summed E-state index contributed by atoms with van der Waals surface area (Å²) in [5.41, 5.74) is 0.557. The average molecular weight is 167 g/mol. The number of rotatable bonds is 2. The van der Waals surface area contributed by atoms with Crippen LogP contribution in [0.4, 0.5) is 0 Å². The summed E-state index contributed by atoms with van der Waals surface area (Å²) >= 11 is 0. The van der Waals surface area contributed by atoms with Crippen molar-refractivity contribution in [1.82, 2.24) is 5.32 Å². The van der Waals surface area contributed by atoms with Gasteiger partial charge in [-0.2, -0.15) is 0 Å². The monoisotopic (exact) mass is 167 g/mol. The van der Waals surface area contributed by atoms with Crippen molar-refractivity contribution in [3.8, 4) is 0 Å². The van der Waals surface area contributed by atoms with Gasteiger partial charge in [0.05, 0.1) is 0 Å². The largest absolute Gasteiger partial charge is 0.356 e. The van der Waals surface area contributed by atoms with Gasteiger partial charge in [0.2, 0.25) is 6.41 Å². The predicted molar refractivity (Wildman–Crippen MR) is 47.6 cm³/mol. The number of carbonyl (C=O) groups excluding carboxylic acids is 1. The summed E-state index contributed by atoms with van der Waals surface area (Å²) in [6.07, 6.45) is 4.64. The minimum Gasteiger partial charge on any atom is -0.356 e. The molecule has 0 aromatic heterocycles. The first kappa shape index (κ1) is 8.09. The predicted octanol–water partition coefficient (Wildman–Crippen LogP) is 1.56. The van der Waals surface area contributed by atoms with Crippen molar-refractivity contribution in [3.05, 3.63) is 0 Å². The Hall–Kier alpha value is -0.530. The normalized spacial score (nSPS) is 43.0. The molecule has 0 aliphatic heterocycles. The van der Waals surface area contributed by atoms with E-state index >= 15 is 0 Å². The van der Waals surface area contributed by atoms with Gasteiger partial charge < -0.3 is 5.32 Å². The van der Waals surface area contributed by atoms with E-state index in [1.165, 1.54) is 19.3 Å². The van der Waals surface area contributed by atoms with Crippen molar-refractivity contribution in [1.29, 1.82) is 0 Å². The highest BCUT2D eigenvalue weighted by molar-refractivity contribution is 5.46. The van der Waals surface area contributed by atoms with Crippen molar-refractivity contribution in [2.45, 2.75) is 39.2 Å². The average Bonchev–Trinajstić information content (AvgIpc) is 2.05. The van der Waals surface area contributed by atoms with Crippen LogP contribution in [0.25, 0.3) is 0 Å². The SMILES string of the molecule is CC1(C)[C@@H]2CC(NC=O)C[C@H]1C2. The molecule has 0 aromatic carbocycles. The van der Waals surface area contributed by atoms with Gasteiger partial charge in [0.15, 0.2) is 0 Å². The Morgan fingerprint density at radius 3 is 2.25 bits per heavy atom. The van der Waals surface area contributed by atoms with Crippen molar-refractivity contribution in [2.24, 2.45) is 17.3 Å². The van der Waals surface area contributed by atoms with Crippen LogP contribution in [0.3, 0.4) is 0 Å². The van der Waals surface area contributed by atoms with Gasteiger partial charge in [0.1, 0.15) is 0 Å². The number of fused-ring (bicyclic) bond motifs is 2. The third-order valence-electron chi connectivity index (χ3n) is 4.12. The number of carbonyl (C=O) groups is 1. The van der Waals surface area contributed by atoms with Crippen LogP contribution in [0.5, 0.6) is 0 Å². The Labute approximate surface area is 73.7 Å². The maximum absolute atomic E-state index is 10.2. The molecule has 1 unspecified atom stereocenters. The van der Waals surface area contributed by atoms with Gasteiger partial charge in [-0.3, -0.25) is 4.79 Å². The Morgan fingerprint density at radius 2 is 1.83 bits per heavy atom. The minimum absolute atomic E-state index is 0.472. The molecule has 3 atom stereocenters. The lowest BCUT2D eigenvalue weighted by atomic mass is 9.48. The van der Waals surface area contributed by atoms with Crippen molar-refractivity contribution in [3.63, 3.8) is 0 Å². The summed E-state index contributed by atoms with van der Waals surface area (Å²) < 4.78 is 0. The van der Waals surface area contributed by atoms with Gasteiger partial charge in [-0.15, -0.1) is 0 Å². The van der Waals surface area contributed by atoms with E-state index in [-0.39, 0.29) is 0 Å². The summed E-state index contributed by atoms with van der Waals surface area (Å²) in [6, 6.07) is 0.472. The molecule has 0 heterocycles. The fraction of sp³-hybridized carbons (Fsp3) is 0.900. The summed E-state index contributed by atoms with van der Waals surface area (Å²) in [5, 5.41) is 2.90. The Bertz CT molecular complexity index is 186. The lowest BCUT2D eigenvalue weighted by molar-refractivity contribution is -0.114. The van der Waals surface area contributed by atoms with Crippen LogP contribution in [0, 0.1) is 17.3 Å². The molecule has 3 aliphatic carbocycles. The van der Waals surface area contributed by atoms with Crippen molar-refractivity contribution >= 4 is 6.41 Å². The molecule has 0 saturated heterocycles. The summed E-state index contributed by atoms with van der Waals surface area (Å²) in [5.74, 6) is 1.71. The highest BCUT2D eigenvalue weighted by atomic mass is 16.1. The third kappa shape index (κ3) is 0.970. The molecule has 2 nitrogen and oxygen atoms in total. The van der Waals surface area contributed by atoms with Crippen LogP contribution in [0.15, 0.2) is 0 Å². The first-order valence-corrected chi connectivity index (χ1v) is 4.84. The highest BCUT2D eigenvalue weighted by Gasteiger charge is 2.52. The number of hydrogen-bond acceptors (Lipinski definition) is 1. The number of nitrogens with one attached hydrogen (secondary N) is 1. The van der Waals surface area contributed by atoms with E-state index in [2.05, 4.69) is 19.2 Å². The Kier molecular flexibility index (Phi) is 1.67. The zero-order valence-corrected chi connectivity index (χ0v) is 7.84. The van der Waals surface area contributed by atoms with E-state index in [9.17, 15) is 4.79 Å². The Morgan fingerprint density at radius 1 is 1.25 bits per heavy atom. The van der Waals surface area contributed by atoms with Gasteiger partial charge in [-0.05, 0) is 36.5 Å². The van der Waals surface area contributed by atoms with Crippen LogP contribution >= 0.6 is 0 Å². The quantitative estimate of drug-likeness (QED) is 0.621. The molecule has 3 aliphatic rings. The second-order valence-corrected chi connectivity index (χ2v) is 4.90. The van der Waals surface area contributed by atoms with E-state index in [1.807, 2.05) is 0 Å². The van der Waals surface area contributed by atoms with E-state index in [4.69, 9.17) is 0 Å². The molecule has 3 fully saturated rings. The minimum atomic E-state index is 0.472. The van der Waals surface area contributed by atoms with E-state index in [1.54, 1.807) is 0 Å². The van der Waals surface area contributed by atoms with Gasteiger partial charge in [0, 0.05) is 6.04 Å². The fourth-order valence-corrected chi connectivity index (χ4v) is 2.94. The molecule has 2 heteroatoms. The smallest absolute Gasteiger partial charge is 0.207 e. The fourth-order valence-electron chi connectivity index (χ4n) is 2.94. The molecule has 3 rings (SSSR count). The second-order valence-electron chi connectivity index (χ2n) is 4.90. The van der Waals surface area contributed by atoms with Crippen molar-refractivity contribution < 1.29 is 4.79 Å². The lowest BCUT2D eigenvalue weighted by Crippen LogP contribution is -2.54. The maximum atomic E-state index is 10.2. The molecule has 3 saturated carbocycles. The number of hydrogen-bond donors (Lipinski definition) is 1. The van der Waals surface area contributed by atoms with Crippen molar-refractivity contribution in [2.75, 3.05) is 0 Å². The molecule has 12 heavy (non-hydrogen) atoms. The van der Waals surface area contributed by atoms with Crippen LogP contribution in [-0.2, 0) is 4.79 Å².